The van der Waals surface area contributed by atoms with Crippen LogP contribution in [0.5, 0.6) is 11.6 Å². The molecule has 0 saturated heterocycles. The van der Waals surface area contributed by atoms with Crippen LogP contribution in [0, 0.1) is 21.4 Å². The molecule has 0 fully saturated rings. The summed E-state index contributed by atoms with van der Waals surface area (Å²) in [5.41, 5.74) is 9.16. The lowest BCUT2D eigenvalue weighted by atomic mass is 9.82. The van der Waals surface area contributed by atoms with Crippen molar-refractivity contribution in [3.63, 3.8) is 0 Å². The van der Waals surface area contributed by atoms with E-state index in [9.17, 15) is 15.4 Å². The normalized spacial score (nSPS) is 14.5. The van der Waals surface area contributed by atoms with Crippen LogP contribution in [0.4, 0.5) is 5.69 Å². The van der Waals surface area contributed by atoms with Crippen molar-refractivity contribution < 1.29 is 14.4 Å². The molecule has 35 heavy (non-hydrogen) atoms. The van der Waals surface area contributed by atoms with Crippen LogP contribution < -0.4 is 15.2 Å². The Labute approximate surface area is 200 Å². The van der Waals surface area contributed by atoms with Crippen LogP contribution in [-0.2, 0) is 6.61 Å². The topological polar surface area (TPSA) is 140 Å². The SMILES string of the molecule is N#CC1=C(N)Oc2n[nH]c(-c3ccc(OCc4ccccc4)cc3)c2C1c1ccccc1[N+](=O)[O-]. The van der Waals surface area contributed by atoms with Crippen molar-refractivity contribution in [2.24, 2.45) is 5.73 Å². The predicted molar refractivity (Wildman–Crippen MR) is 127 cm³/mol. The predicted octanol–water partition coefficient (Wildman–Crippen LogP) is 4.78. The van der Waals surface area contributed by atoms with Crippen LogP contribution in [0.15, 0.2) is 90.3 Å². The number of nitriles is 1. The summed E-state index contributed by atoms with van der Waals surface area (Å²) in [6, 6.07) is 25.5. The van der Waals surface area contributed by atoms with Gasteiger partial charge in [0.25, 0.3) is 5.69 Å². The number of allylic oxidation sites excluding steroid dienone is 1. The highest BCUT2D eigenvalue weighted by Crippen LogP contribution is 2.47. The van der Waals surface area contributed by atoms with Gasteiger partial charge in [-0.15, -0.1) is 5.10 Å². The van der Waals surface area contributed by atoms with Gasteiger partial charge < -0.3 is 15.2 Å². The fourth-order valence-corrected chi connectivity index (χ4v) is 4.13. The van der Waals surface area contributed by atoms with Crippen molar-refractivity contribution in [3.05, 3.63) is 117 Å². The number of nitro benzene ring substituents is 1. The Morgan fingerprint density at radius 2 is 1.80 bits per heavy atom. The molecule has 172 valence electrons. The van der Waals surface area contributed by atoms with E-state index in [-0.39, 0.29) is 23.0 Å². The highest BCUT2D eigenvalue weighted by Gasteiger charge is 2.38. The molecular weight excluding hydrogens is 446 g/mol. The quantitative estimate of drug-likeness (QED) is 0.308. The minimum absolute atomic E-state index is 0.0808. The van der Waals surface area contributed by atoms with E-state index in [4.69, 9.17) is 15.2 Å². The molecule has 0 saturated carbocycles. The van der Waals surface area contributed by atoms with E-state index < -0.39 is 10.8 Å². The fraction of sp³-hybridized carbons (Fsp3) is 0.0769. The Morgan fingerprint density at radius 3 is 2.51 bits per heavy atom. The van der Waals surface area contributed by atoms with E-state index in [0.717, 1.165) is 11.1 Å². The van der Waals surface area contributed by atoms with Gasteiger partial charge in [0.05, 0.1) is 22.1 Å². The molecule has 3 N–H and O–H groups in total. The lowest BCUT2D eigenvalue weighted by Crippen LogP contribution is -2.21. The highest BCUT2D eigenvalue weighted by atomic mass is 16.6. The number of nitrogens with zero attached hydrogens (tertiary/aromatic N) is 3. The molecule has 2 heterocycles. The molecule has 3 aromatic carbocycles. The van der Waals surface area contributed by atoms with Gasteiger partial charge in [-0.2, -0.15) is 5.26 Å². The third-order valence-corrected chi connectivity index (χ3v) is 5.77. The maximum atomic E-state index is 11.8. The molecule has 0 spiro atoms. The minimum Gasteiger partial charge on any atom is -0.489 e. The van der Waals surface area contributed by atoms with Gasteiger partial charge in [-0.3, -0.25) is 15.2 Å². The van der Waals surface area contributed by atoms with Gasteiger partial charge in [-0.25, -0.2) is 0 Å². The number of ether oxygens (including phenoxy) is 2. The molecule has 4 aromatic rings. The third kappa shape index (κ3) is 4.05. The van der Waals surface area contributed by atoms with Crippen molar-refractivity contribution in [1.29, 1.82) is 5.26 Å². The molecule has 1 aliphatic heterocycles. The zero-order chi connectivity index (χ0) is 24.4. The lowest BCUT2D eigenvalue weighted by Gasteiger charge is -2.24. The second-order valence-corrected chi connectivity index (χ2v) is 7.86. The number of nitrogens with two attached hydrogens (primary N) is 1. The number of nitrogens with one attached hydrogen (secondary N) is 1. The minimum atomic E-state index is -0.826. The van der Waals surface area contributed by atoms with Crippen LogP contribution in [0.2, 0.25) is 0 Å². The van der Waals surface area contributed by atoms with E-state index in [0.29, 0.717) is 29.2 Å². The van der Waals surface area contributed by atoms with Gasteiger partial charge in [0.15, 0.2) is 0 Å². The number of benzene rings is 3. The van der Waals surface area contributed by atoms with E-state index in [1.165, 1.54) is 6.07 Å². The number of rotatable bonds is 6. The van der Waals surface area contributed by atoms with Crippen LogP contribution in [0.25, 0.3) is 11.3 Å². The average molecular weight is 465 g/mol. The largest absolute Gasteiger partial charge is 0.489 e. The number of nitro groups is 1. The summed E-state index contributed by atoms with van der Waals surface area (Å²) in [4.78, 5) is 11.3. The Hall–Kier alpha value is -5.10. The monoisotopic (exact) mass is 465 g/mol. The molecule has 9 nitrogen and oxygen atoms in total. The summed E-state index contributed by atoms with van der Waals surface area (Å²) >= 11 is 0. The number of para-hydroxylation sites is 1. The van der Waals surface area contributed by atoms with E-state index in [1.807, 2.05) is 54.6 Å². The first-order chi connectivity index (χ1) is 17.1. The second-order valence-electron chi connectivity index (χ2n) is 7.86. The number of hydrogen-bond acceptors (Lipinski definition) is 7. The van der Waals surface area contributed by atoms with E-state index in [1.54, 1.807) is 18.2 Å². The van der Waals surface area contributed by atoms with Crippen LogP contribution >= 0.6 is 0 Å². The summed E-state index contributed by atoms with van der Waals surface area (Å²) in [6.45, 7) is 0.433. The molecule has 0 amide bonds. The van der Waals surface area contributed by atoms with E-state index in [2.05, 4.69) is 16.3 Å². The van der Waals surface area contributed by atoms with Gasteiger partial charge >= 0.3 is 0 Å². The zero-order valence-corrected chi connectivity index (χ0v) is 18.3. The van der Waals surface area contributed by atoms with Crippen LogP contribution in [-0.4, -0.2) is 15.1 Å². The summed E-state index contributed by atoms with van der Waals surface area (Å²) in [7, 11) is 0. The molecule has 1 aromatic heterocycles. The van der Waals surface area contributed by atoms with Gasteiger partial charge in [0.1, 0.15) is 24.0 Å². The summed E-state index contributed by atoms with van der Waals surface area (Å²) in [5.74, 6) is -0.109. The number of aromatic nitrogens is 2. The maximum Gasteiger partial charge on any atom is 0.273 e. The second kappa shape index (κ2) is 9.03. The molecule has 0 radical (unpaired) electrons. The third-order valence-electron chi connectivity index (χ3n) is 5.77. The number of H-pyrrole nitrogens is 1. The number of aromatic amines is 1. The van der Waals surface area contributed by atoms with Gasteiger partial charge in [0.2, 0.25) is 11.8 Å². The van der Waals surface area contributed by atoms with Crippen LogP contribution in [0.3, 0.4) is 0 Å². The van der Waals surface area contributed by atoms with Crippen molar-refractivity contribution in [2.75, 3.05) is 0 Å². The number of hydrogen-bond donors (Lipinski definition) is 2. The summed E-state index contributed by atoms with van der Waals surface area (Å²) < 4.78 is 11.5. The van der Waals surface area contributed by atoms with Gasteiger partial charge in [0, 0.05) is 17.2 Å². The van der Waals surface area contributed by atoms with Crippen molar-refractivity contribution in [3.8, 4) is 29.0 Å². The number of fused-ring (bicyclic) bond motifs is 1. The van der Waals surface area contributed by atoms with E-state index >= 15 is 0 Å². The van der Waals surface area contributed by atoms with Crippen molar-refractivity contribution in [1.82, 2.24) is 10.2 Å². The van der Waals surface area contributed by atoms with Gasteiger partial charge in [-0.05, 0) is 29.8 Å². The summed E-state index contributed by atoms with van der Waals surface area (Å²) in [6.07, 6.45) is 0. The first-order valence-electron chi connectivity index (χ1n) is 10.7. The maximum absolute atomic E-state index is 11.8. The standard InChI is InChI=1S/C26H19N5O4/c27-14-20-22(19-8-4-5-9-21(19)31(32)33)23-24(29-30-26(23)35-25(20)28)17-10-12-18(13-11-17)34-15-16-6-2-1-3-7-16/h1-13,22H,15,28H2,(H,29,30). The molecular formula is C26H19N5O4. The molecule has 1 unspecified atom stereocenters. The van der Waals surface area contributed by atoms with Crippen molar-refractivity contribution >= 4 is 5.69 Å². The first kappa shape index (κ1) is 21.7. The Kier molecular flexibility index (Phi) is 5.61. The highest BCUT2D eigenvalue weighted by molar-refractivity contribution is 5.72. The first-order valence-corrected chi connectivity index (χ1v) is 10.7. The molecule has 0 aliphatic carbocycles. The molecule has 1 atom stereocenters. The fourth-order valence-electron chi connectivity index (χ4n) is 4.13. The Balaban J connectivity index is 1.53. The Morgan fingerprint density at radius 1 is 1.09 bits per heavy atom. The van der Waals surface area contributed by atoms with Crippen LogP contribution in [0.1, 0.15) is 22.6 Å². The molecule has 5 rings (SSSR count). The Bertz CT molecular complexity index is 1470. The van der Waals surface area contributed by atoms with Gasteiger partial charge in [-0.1, -0.05) is 48.5 Å². The molecule has 0 bridgehead atoms. The summed E-state index contributed by atoms with van der Waals surface area (Å²) in [5, 5.41) is 28.8. The lowest BCUT2D eigenvalue weighted by molar-refractivity contribution is -0.385. The molecule has 1 aliphatic rings. The smallest absolute Gasteiger partial charge is 0.273 e. The molecule has 9 heteroatoms. The average Bonchev–Trinajstić information content (AvgIpc) is 3.30. The van der Waals surface area contributed by atoms with Crippen molar-refractivity contribution in [2.45, 2.75) is 12.5 Å². The zero-order valence-electron chi connectivity index (χ0n) is 18.3.